The molecule has 1 fully saturated rings. The lowest BCUT2D eigenvalue weighted by Gasteiger charge is -2.27. The van der Waals surface area contributed by atoms with Crippen molar-refractivity contribution in [2.75, 3.05) is 13.1 Å². The van der Waals surface area contributed by atoms with Crippen molar-refractivity contribution in [3.05, 3.63) is 30.1 Å². The number of halogens is 1. The van der Waals surface area contributed by atoms with Crippen LogP contribution in [-0.4, -0.2) is 27.5 Å². The highest BCUT2D eigenvalue weighted by Crippen LogP contribution is 2.15. The molecule has 0 aromatic heterocycles. The van der Waals surface area contributed by atoms with Gasteiger partial charge in [-0.15, -0.1) is 0 Å². The van der Waals surface area contributed by atoms with Crippen molar-refractivity contribution in [3.8, 4) is 0 Å². The van der Waals surface area contributed by atoms with Crippen molar-refractivity contribution in [1.29, 1.82) is 0 Å². The van der Waals surface area contributed by atoms with E-state index in [1.54, 1.807) is 0 Å². The molecule has 1 aromatic carbocycles. The fourth-order valence-electron chi connectivity index (χ4n) is 2.16. The molecule has 1 aliphatic heterocycles. The summed E-state index contributed by atoms with van der Waals surface area (Å²) in [5.41, 5.74) is 0. The highest BCUT2D eigenvalue weighted by molar-refractivity contribution is 7.89. The highest BCUT2D eigenvalue weighted by atomic mass is 32.2. The zero-order valence-electron chi connectivity index (χ0n) is 10.9. The van der Waals surface area contributed by atoms with Crippen molar-refractivity contribution >= 4 is 10.0 Å². The largest absolute Gasteiger partial charge is 0.314 e. The SMILES string of the molecule is CC1CCC(CNS(=O)(=O)c2ccc(F)cc2)CN1. The van der Waals surface area contributed by atoms with Crippen molar-refractivity contribution in [2.24, 2.45) is 5.92 Å². The zero-order valence-corrected chi connectivity index (χ0v) is 11.7. The van der Waals surface area contributed by atoms with Crippen molar-refractivity contribution < 1.29 is 12.8 Å². The molecule has 0 bridgehead atoms. The zero-order chi connectivity index (χ0) is 13.9. The molecule has 2 N–H and O–H groups in total. The van der Waals surface area contributed by atoms with E-state index in [2.05, 4.69) is 17.0 Å². The molecule has 2 atom stereocenters. The smallest absolute Gasteiger partial charge is 0.240 e. The van der Waals surface area contributed by atoms with Crippen LogP contribution in [0.2, 0.25) is 0 Å². The highest BCUT2D eigenvalue weighted by Gasteiger charge is 2.20. The van der Waals surface area contributed by atoms with E-state index in [1.807, 2.05) is 0 Å². The van der Waals surface area contributed by atoms with Crippen molar-refractivity contribution in [1.82, 2.24) is 10.0 Å². The Hall–Kier alpha value is -0.980. The lowest BCUT2D eigenvalue weighted by Crippen LogP contribution is -2.41. The van der Waals surface area contributed by atoms with Gasteiger partial charge in [-0.25, -0.2) is 17.5 Å². The Balaban J connectivity index is 1.92. The van der Waals surface area contributed by atoms with Crippen LogP contribution in [-0.2, 0) is 10.0 Å². The Labute approximate surface area is 113 Å². The summed E-state index contributed by atoms with van der Waals surface area (Å²) in [4.78, 5) is 0.103. The number of benzene rings is 1. The number of hydrogen-bond donors (Lipinski definition) is 2. The molecule has 1 aromatic rings. The van der Waals surface area contributed by atoms with Gasteiger partial charge < -0.3 is 5.32 Å². The van der Waals surface area contributed by atoms with Crippen LogP contribution in [0.1, 0.15) is 19.8 Å². The minimum Gasteiger partial charge on any atom is -0.314 e. The summed E-state index contributed by atoms with van der Waals surface area (Å²) in [6.07, 6.45) is 2.07. The minimum absolute atomic E-state index is 0.103. The summed E-state index contributed by atoms with van der Waals surface area (Å²) in [7, 11) is -3.53. The summed E-state index contributed by atoms with van der Waals surface area (Å²) >= 11 is 0. The van der Waals surface area contributed by atoms with E-state index in [4.69, 9.17) is 0 Å². The molecule has 19 heavy (non-hydrogen) atoms. The lowest BCUT2D eigenvalue weighted by molar-refractivity contribution is 0.323. The van der Waals surface area contributed by atoms with E-state index >= 15 is 0 Å². The van der Waals surface area contributed by atoms with Crippen LogP contribution in [0.25, 0.3) is 0 Å². The Morgan fingerprint density at radius 2 is 2.00 bits per heavy atom. The molecule has 1 heterocycles. The average molecular weight is 286 g/mol. The van der Waals surface area contributed by atoms with Gasteiger partial charge in [0.25, 0.3) is 0 Å². The number of piperidine rings is 1. The molecule has 106 valence electrons. The van der Waals surface area contributed by atoms with E-state index in [0.29, 0.717) is 18.5 Å². The van der Waals surface area contributed by atoms with Crippen LogP contribution in [0.15, 0.2) is 29.2 Å². The standard InChI is InChI=1S/C13H19FN2O2S/c1-10-2-3-11(8-15-10)9-16-19(17,18)13-6-4-12(14)5-7-13/h4-7,10-11,15-16H,2-3,8-9H2,1H3. The number of nitrogens with one attached hydrogen (secondary N) is 2. The number of sulfonamides is 1. The maximum absolute atomic E-state index is 12.8. The third kappa shape index (κ3) is 3.99. The van der Waals surface area contributed by atoms with Gasteiger partial charge in [-0.05, 0) is 56.5 Å². The first-order valence-corrected chi connectivity index (χ1v) is 7.94. The maximum Gasteiger partial charge on any atom is 0.240 e. The maximum atomic E-state index is 12.8. The van der Waals surface area contributed by atoms with Crippen molar-refractivity contribution in [3.63, 3.8) is 0 Å². The molecule has 2 rings (SSSR count). The van der Waals surface area contributed by atoms with Crippen molar-refractivity contribution in [2.45, 2.75) is 30.7 Å². The van der Waals surface area contributed by atoms with Crippen LogP contribution in [0.3, 0.4) is 0 Å². The molecule has 0 radical (unpaired) electrons. The number of hydrogen-bond acceptors (Lipinski definition) is 3. The van der Waals surface area contributed by atoms with Crippen LogP contribution in [0.4, 0.5) is 4.39 Å². The third-order valence-electron chi connectivity index (χ3n) is 3.45. The first-order valence-electron chi connectivity index (χ1n) is 6.46. The Bertz CT molecular complexity index is 508. The molecule has 6 heteroatoms. The second-order valence-electron chi connectivity index (χ2n) is 5.06. The molecule has 1 aliphatic rings. The molecule has 1 saturated heterocycles. The molecule has 4 nitrogen and oxygen atoms in total. The van der Waals surface area contributed by atoms with Crippen LogP contribution in [0.5, 0.6) is 0 Å². The monoisotopic (exact) mass is 286 g/mol. The third-order valence-corrected chi connectivity index (χ3v) is 4.89. The first kappa shape index (κ1) is 14.4. The predicted octanol–water partition coefficient (Wildman–Crippen LogP) is 1.49. The van der Waals surface area contributed by atoms with Gasteiger partial charge in [-0.2, -0.15) is 0 Å². The predicted molar refractivity (Wildman–Crippen MR) is 71.8 cm³/mol. The first-order chi connectivity index (χ1) is 8.97. The summed E-state index contributed by atoms with van der Waals surface area (Å²) < 4.78 is 39.3. The molecular weight excluding hydrogens is 267 g/mol. The van der Waals surface area contributed by atoms with Gasteiger partial charge >= 0.3 is 0 Å². The molecule has 0 spiro atoms. The number of rotatable bonds is 4. The molecule has 0 saturated carbocycles. The molecular formula is C13H19FN2O2S. The Kier molecular flexibility index (Phi) is 4.54. The second kappa shape index (κ2) is 5.98. The van der Waals surface area contributed by atoms with E-state index in [0.717, 1.165) is 31.5 Å². The second-order valence-corrected chi connectivity index (χ2v) is 6.83. The normalized spacial score (nSPS) is 24.3. The quantitative estimate of drug-likeness (QED) is 0.881. The summed E-state index contributed by atoms with van der Waals surface area (Å²) in [6.45, 7) is 3.37. The topological polar surface area (TPSA) is 58.2 Å². The van der Waals surface area contributed by atoms with Crippen LogP contribution in [0, 0.1) is 11.7 Å². The van der Waals surface area contributed by atoms with Crippen LogP contribution >= 0.6 is 0 Å². The van der Waals surface area contributed by atoms with Gasteiger partial charge in [-0.1, -0.05) is 0 Å². The fourth-order valence-corrected chi connectivity index (χ4v) is 3.27. The van der Waals surface area contributed by atoms with Crippen LogP contribution < -0.4 is 10.0 Å². The van der Waals surface area contributed by atoms with Gasteiger partial charge in [0.1, 0.15) is 5.82 Å². The van der Waals surface area contributed by atoms with Gasteiger partial charge in [-0.3, -0.25) is 0 Å². The van der Waals surface area contributed by atoms with Gasteiger partial charge in [0, 0.05) is 12.6 Å². The van der Waals surface area contributed by atoms with E-state index in [9.17, 15) is 12.8 Å². The molecule has 2 unspecified atom stereocenters. The average Bonchev–Trinajstić information content (AvgIpc) is 2.39. The lowest BCUT2D eigenvalue weighted by atomic mass is 9.96. The van der Waals surface area contributed by atoms with Gasteiger partial charge in [0.2, 0.25) is 10.0 Å². The Morgan fingerprint density at radius 3 is 2.58 bits per heavy atom. The fraction of sp³-hybridized carbons (Fsp3) is 0.538. The summed E-state index contributed by atoms with van der Waals surface area (Å²) in [6, 6.07) is 5.36. The van der Waals surface area contributed by atoms with Gasteiger partial charge in [0.15, 0.2) is 0 Å². The summed E-state index contributed by atoms with van der Waals surface area (Å²) in [5.74, 6) is -0.129. The summed E-state index contributed by atoms with van der Waals surface area (Å²) in [5, 5.41) is 3.33. The van der Waals surface area contributed by atoms with E-state index in [-0.39, 0.29) is 4.90 Å². The Morgan fingerprint density at radius 1 is 1.32 bits per heavy atom. The molecule has 0 aliphatic carbocycles. The van der Waals surface area contributed by atoms with E-state index < -0.39 is 15.8 Å². The molecule has 0 amide bonds. The van der Waals surface area contributed by atoms with Gasteiger partial charge in [0.05, 0.1) is 4.90 Å². The minimum atomic E-state index is -3.53. The van der Waals surface area contributed by atoms with E-state index in [1.165, 1.54) is 12.1 Å².